The lowest BCUT2D eigenvalue weighted by atomic mass is 9.98. The molecule has 1 fully saturated rings. The van der Waals surface area contributed by atoms with E-state index in [4.69, 9.17) is 14.2 Å². The first-order valence-corrected chi connectivity index (χ1v) is 7.31. The molecule has 3 atom stereocenters. The van der Waals surface area contributed by atoms with Crippen LogP contribution in [0.1, 0.15) is 31.9 Å². The first-order valence-electron chi connectivity index (χ1n) is 7.31. The van der Waals surface area contributed by atoms with Crippen LogP contribution in [0.2, 0.25) is 0 Å². The Kier molecular flexibility index (Phi) is 5.16. The molecule has 4 nitrogen and oxygen atoms in total. The number of hydrogen-bond acceptors (Lipinski definition) is 4. The second-order valence-electron chi connectivity index (χ2n) is 5.64. The van der Waals surface area contributed by atoms with Crippen LogP contribution in [-0.2, 0) is 19.0 Å². The second-order valence-corrected chi connectivity index (χ2v) is 5.64. The summed E-state index contributed by atoms with van der Waals surface area (Å²) in [6.45, 7) is 10.9. The van der Waals surface area contributed by atoms with Crippen molar-refractivity contribution in [1.82, 2.24) is 0 Å². The Morgan fingerprint density at radius 2 is 2.00 bits per heavy atom. The molecule has 1 aromatic carbocycles. The molecule has 0 aromatic heterocycles. The van der Waals surface area contributed by atoms with Crippen molar-refractivity contribution in [3.63, 3.8) is 0 Å². The van der Waals surface area contributed by atoms with E-state index in [0.717, 1.165) is 11.6 Å². The fourth-order valence-corrected chi connectivity index (χ4v) is 2.57. The number of ether oxygens (including phenoxy) is 3. The highest BCUT2D eigenvalue weighted by molar-refractivity contribution is 5.81. The van der Waals surface area contributed by atoms with Crippen LogP contribution in [0.15, 0.2) is 55.6 Å². The van der Waals surface area contributed by atoms with Crippen molar-refractivity contribution in [2.45, 2.75) is 44.4 Å². The Bertz CT molecular complexity index is 535. The van der Waals surface area contributed by atoms with Crippen LogP contribution in [0, 0.1) is 0 Å². The molecule has 2 rings (SSSR count). The molecule has 118 valence electrons. The molecule has 0 radical (unpaired) electrons. The summed E-state index contributed by atoms with van der Waals surface area (Å²) in [6.07, 6.45) is 2.15. The Labute approximate surface area is 131 Å². The Hall–Kier alpha value is -1.91. The van der Waals surface area contributed by atoms with Crippen molar-refractivity contribution in [3.8, 4) is 0 Å². The molecule has 0 bridgehead atoms. The summed E-state index contributed by atoms with van der Waals surface area (Å²) in [5, 5.41) is 0. The maximum Gasteiger partial charge on any atom is 0.330 e. The van der Waals surface area contributed by atoms with E-state index in [1.807, 2.05) is 44.2 Å². The van der Waals surface area contributed by atoms with Gasteiger partial charge in [0.2, 0.25) is 0 Å². The zero-order valence-electron chi connectivity index (χ0n) is 13.0. The van der Waals surface area contributed by atoms with Gasteiger partial charge in [-0.05, 0) is 19.4 Å². The van der Waals surface area contributed by atoms with E-state index in [1.165, 1.54) is 0 Å². The van der Waals surface area contributed by atoms with Gasteiger partial charge in [0, 0.05) is 12.5 Å². The lowest BCUT2D eigenvalue weighted by Gasteiger charge is -2.25. The number of hydrogen-bond donors (Lipinski definition) is 0. The van der Waals surface area contributed by atoms with Gasteiger partial charge < -0.3 is 14.2 Å². The Morgan fingerprint density at radius 3 is 2.59 bits per heavy atom. The zero-order valence-corrected chi connectivity index (χ0v) is 13.0. The number of benzene rings is 1. The first-order chi connectivity index (χ1) is 10.5. The average Bonchev–Trinajstić information content (AvgIpc) is 2.83. The molecule has 1 aromatic rings. The lowest BCUT2D eigenvalue weighted by Crippen LogP contribution is -2.35. The van der Waals surface area contributed by atoms with E-state index in [9.17, 15) is 4.79 Å². The third-order valence-corrected chi connectivity index (χ3v) is 3.46. The molecule has 1 aliphatic heterocycles. The summed E-state index contributed by atoms with van der Waals surface area (Å²) in [7, 11) is 0. The fraction of sp³-hybridized carbons (Fsp3) is 0.389. The number of carbonyl (C=O) groups is 1. The van der Waals surface area contributed by atoms with Gasteiger partial charge >= 0.3 is 5.97 Å². The molecule has 0 aliphatic carbocycles. The summed E-state index contributed by atoms with van der Waals surface area (Å²) in [5.74, 6) is -1.22. The van der Waals surface area contributed by atoms with Crippen LogP contribution < -0.4 is 0 Å². The standard InChI is InChI=1S/C18H22O4/c1-5-10-14(20-15(19)6-2)17-16(21-18(3,4)22-17)13-11-8-7-9-12-13/h5-9,11-12,14,16-17H,1-2,10H2,3-4H3/t14-,16+,17-/m0/s1. The predicted molar refractivity (Wildman–Crippen MR) is 84.1 cm³/mol. The smallest absolute Gasteiger partial charge is 0.330 e. The summed E-state index contributed by atoms with van der Waals surface area (Å²) in [5.41, 5.74) is 0.988. The zero-order chi connectivity index (χ0) is 16.2. The van der Waals surface area contributed by atoms with Gasteiger partial charge in [-0.1, -0.05) is 43.0 Å². The van der Waals surface area contributed by atoms with E-state index in [2.05, 4.69) is 13.2 Å². The van der Waals surface area contributed by atoms with E-state index in [0.29, 0.717) is 6.42 Å². The Balaban J connectivity index is 2.28. The van der Waals surface area contributed by atoms with Gasteiger partial charge in [0.1, 0.15) is 18.3 Å². The number of carbonyl (C=O) groups excluding carboxylic acids is 1. The van der Waals surface area contributed by atoms with E-state index < -0.39 is 24.0 Å². The van der Waals surface area contributed by atoms with Crippen LogP contribution in [0.25, 0.3) is 0 Å². The van der Waals surface area contributed by atoms with Crippen molar-refractivity contribution in [2.24, 2.45) is 0 Å². The molecule has 0 amide bonds. The highest BCUT2D eigenvalue weighted by atomic mass is 16.8. The third kappa shape index (κ3) is 3.84. The average molecular weight is 302 g/mol. The van der Waals surface area contributed by atoms with Gasteiger partial charge in [-0.15, -0.1) is 6.58 Å². The molecular formula is C18H22O4. The topological polar surface area (TPSA) is 44.8 Å². The summed E-state index contributed by atoms with van der Waals surface area (Å²) in [6, 6.07) is 9.78. The number of rotatable bonds is 6. The molecule has 1 heterocycles. The van der Waals surface area contributed by atoms with Gasteiger partial charge in [-0.3, -0.25) is 0 Å². The fourth-order valence-electron chi connectivity index (χ4n) is 2.57. The van der Waals surface area contributed by atoms with Gasteiger partial charge in [0.05, 0.1) is 0 Å². The van der Waals surface area contributed by atoms with Gasteiger partial charge in [0.15, 0.2) is 5.79 Å². The Morgan fingerprint density at radius 1 is 1.32 bits per heavy atom. The van der Waals surface area contributed by atoms with Crippen molar-refractivity contribution >= 4 is 5.97 Å². The molecule has 0 unspecified atom stereocenters. The minimum atomic E-state index is -0.745. The molecule has 4 heteroatoms. The monoisotopic (exact) mass is 302 g/mol. The largest absolute Gasteiger partial charge is 0.456 e. The lowest BCUT2D eigenvalue weighted by molar-refractivity contribution is -0.167. The normalized spacial score (nSPS) is 24.5. The molecular weight excluding hydrogens is 280 g/mol. The maximum absolute atomic E-state index is 11.6. The van der Waals surface area contributed by atoms with Gasteiger partial charge in [-0.25, -0.2) is 4.79 Å². The van der Waals surface area contributed by atoms with Crippen LogP contribution in [0.3, 0.4) is 0 Å². The van der Waals surface area contributed by atoms with Crippen molar-refractivity contribution in [2.75, 3.05) is 0 Å². The first kappa shape index (κ1) is 16.5. The van der Waals surface area contributed by atoms with Gasteiger partial charge in [0.25, 0.3) is 0 Å². The SMILES string of the molecule is C=CC[C@H](OC(=O)C=C)[C@@H]1OC(C)(C)O[C@@H]1c1ccccc1. The van der Waals surface area contributed by atoms with Crippen molar-refractivity contribution < 1.29 is 19.0 Å². The minimum absolute atomic E-state index is 0.307. The van der Waals surface area contributed by atoms with E-state index in [1.54, 1.807) is 6.08 Å². The summed E-state index contributed by atoms with van der Waals surface area (Å²) < 4.78 is 17.4. The highest BCUT2D eigenvalue weighted by Crippen LogP contribution is 2.41. The van der Waals surface area contributed by atoms with Crippen LogP contribution in [0.5, 0.6) is 0 Å². The second kappa shape index (κ2) is 6.90. The molecule has 0 spiro atoms. The van der Waals surface area contributed by atoms with Crippen LogP contribution in [0.4, 0.5) is 0 Å². The van der Waals surface area contributed by atoms with Crippen molar-refractivity contribution in [1.29, 1.82) is 0 Å². The summed E-state index contributed by atoms with van der Waals surface area (Å²) >= 11 is 0. The molecule has 0 saturated carbocycles. The molecule has 1 aliphatic rings. The van der Waals surface area contributed by atoms with Crippen LogP contribution >= 0.6 is 0 Å². The van der Waals surface area contributed by atoms with E-state index >= 15 is 0 Å². The molecule has 22 heavy (non-hydrogen) atoms. The maximum atomic E-state index is 11.6. The third-order valence-electron chi connectivity index (χ3n) is 3.46. The molecule has 1 saturated heterocycles. The molecule has 0 N–H and O–H groups in total. The van der Waals surface area contributed by atoms with Crippen molar-refractivity contribution in [3.05, 3.63) is 61.2 Å². The minimum Gasteiger partial charge on any atom is -0.456 e. The quantitative estimate of drug-likeness (QED) is 0.458. The predicted octanol–water partition coefficient (Wildman–Crippen LogP) is 3.55. The highest BCUT2D eigenvalue weighted by Gasteiger charge is 2.46. The van der Waals surface area contributed by atoms with Gasteiger partial charge in [-0.2, -0.15) is 0 Å². The summed E-state index contributed by atoms with van der Waals surface area (Å²) in [4.78, 5) is 11.6. The van der Waals surface area contributed by atoms with Crippen LogP contribution in [-0.4, -0.2) is 24.0 Å². The van der Waals surface area contributed by atoms with E-state index in [-0.39, 0.29) is 6.10 Å². The number of esters is 1.